The van der Waals surface area contributed by atoms with Crippen LogP contribution in [0.4, 0.5) is 13.2 Å². The molecule has 0 spiro atoms. The summed E-state index contributed by atoms with van der Waals surface area (Å²) >= 11 is 0. The minimum Gasteiger partial charge on any atom is -0.419 e. The van der Waals surface area contributed by atoms with E-state index in [2.05, 4.69) is 14.9 Å². The maximum Gasteiger partial charge on any atom is 0.416 e. The molecular formula is C12H12F3N3O3S. The van der Waals surface area contributed by atoms with Crippen LogP contribution in [-0.4, -0.2) is 24.9 Å². The SMILES string of the molecule is CC(NS(C)(=O)=O)c1nnc(-c2ccc(C(F)(F)F)cc2)o1. The molecule has 1 N–H and O–H groups in total. The first-order valence-electron chi connectivity index (χ1n) is 6.04. The molecule has 6 nitrogen and oxygen atoms in total. The van der Waals surface area contributed by atoms with Crippen molar-refractivity contribution in [2.45, 2.75) is 19.1 Å². The Kier molecular flexibility index (Phi) is 4.25. The molecule has 0 bridgehead atoms. The summed E-state index contributed by atoms with van der Waals surface area (Å²) < 4.78 is 67.2. The number of sulfonamides is 1. The van der Waals surface area contributed by atoms with E-state index in [1.807, 2.05) is 0 Å². The Morgan fingerprint density at radius 3 is 2.27 bits per heavy atom. The number of nitrogens with zero attached hydrogens (tertiary/aromatic N) is 2. The third-order valence-corrected chi connectivity index (χ3v) is 3.44. The summed E-state index contributed by atoms with van der Waals surface area (Å²) in [6.45, 7) is 1.51. The fourth-order valence-electron chi connectivity index (χ4n) is 1.70. The quantitative estimate of drug-likeness (QED) is 0.927. The van der Waals surface area contributed by atoms with Gasteiger partial charge in [-0.05, 0) is 31.2 Å². The second kappa shape index (κ2) is 5.69. The normalized spacial score (nSPS) is 14.0. The molecule has 0 radical (unpaired) electrons. The molecule has 2 rings (SSSR count). The molecule has 1 heterocycles. The van der Waals surface area contributed by atoms with E-state index in [4.69, 9.17) is 4.42 Å². The lowest BCUT2D eigenvalue weighted by Gasteiger charge is -2.07. The molecule has 22 heavy (non-hydrogen) atoms. The lowest BCUT2D eigenvalue weighted by atomic mass is 10.1. The Hall–Kier alpha value is -1.94. The van der Waals surface area contributed by atoms with E-state index in [-0.39, 0.29) is 11.8 Å². The van der Waals surface area contributed by atoms with Crippen molar-refractivity contribution in [3.8, 4) is 11.5 Å². The highest BCUT2D eigenvalue weighted by molar-refractivity contribution is 7.88. The molecule has 10 heteroatoms. The van der Waals surface area contributed by atoms with Gasteiger partial charge in [-0.15, -0.1) is 10.2 Å². The Morgan fingerprint density at radius 2 is 1.77 bits per heavy atom. The molecule has 0 aliphatic carbocycles. The van der Waals surface area contributed by atoms with E-state index < -0.39 is 27.8 Å². The largest absolute Gasteiger partial charge is 0.419 e. The predicted molar refractivity (Wildman–Crippen MR) is 71.1 cm³/mol. The lowest BCUT2D eigenvalue weighted by molar-refractivity contribution is -0.137. The highest BCUT2D eigenvalue weighted by Gasteiger charge is 2.30. The number of benzene rings is 1. The standard InChI is InChI=1S/C12H12F3N3O3S/c1-7(18-22(2,19)20)10-16-17-11(21-10)8-3-5-9(6-4-8)12(13,14)15/h3-7,18H,1-2H3. The van der Waals surface area contributed by atoms with Gasteiger partial charge in [0, 0.05) is 5.56 Å². The van der Waals surface area contributed by atoms with Gasteiger partial charge < -0.3 is 4.42 Å². The van der Waals surface area contributed by atoms with Crippen LogP contribution in [-0.2, 0) is 16.2 Å². The molecule has 0 aliphatic heterocycles. The van der Waals surface area contributed by atoms with Crippen molar-refractivity contribution < 1.29 is 26.0 Å². The Bertz CT molecular complexity index is 754. The molecule has 120 valence electrons. The van der Waals surface area contributed by atoms with Crippen LogP contribution in [0.3, 0.4) is 0 Å². The van der Waals surface area contributed by atoms with Crippen LogP contribution in [0.2, 0.25) is 0 Å². The smallest absolute Gasteiger partial charge is 0.416 e. The summed E-state index contributed by atoms with van der Waals surface area (Å²) in [4.78, 5) is 0. The highest BCUT2D eigenvalue weighted by Crippen LogP contribution is 2.30. The van der Waals surface area contributed by atoms with Crippen molar-refractivity contribution >= 4 is 10.0 Å². The van der Waals surface area contributed by atoms with E-state index in [1.165, 1.54) is 19.1 Å². The van der Waals surface area contributed by atoms with E-state index in [9.17, 15) is 21.6 Å². The van der Waals surface area contributed by atoms with Crippen molar-refractivity contribution in [2.24, 2.45) is 0 Å². The van der Waals surface area contributed by atoms with Gasteiger partial charge in [0.1, 0.15) is 0 Å². The fraction of sp³-hybridized carbons (Fsp3) is 0.333. The number of halogens is 3. The predicted octanol–water partition coefficient (Wildman–Crippen LogP) is 2.37. The molecule has 1 atom stereocenters. The van der Waals surface area contributed by atoms with Crippen molar-refractivity contribution in [3.05, 3.63) is 35.7 Å². The number of hydrogen-bond acceptors (Lipinski definition) is 5. The number of aromatic nitrogens is 2. The highest BCUT2D eigenvalue weighted by atomic mass is 32.2. The third kappa shape index (κ3) is 4.04. The van der Waals surface area contributed by atoms with Gasteiger partial charge in [0.2, 0.25) is 21.8 Å². The van der Waals surface area contributed by atoms with Crippen LogP contribution in [0.5, 0.6) is 0 Å². The number of nitrogens with one attached hydrogen (secondary N) is 1. The number of hydrogen-bond donors (Lipinski definition) is 1. The molecule has 1 aromatic carbocycles. The average Bonchev–Trinajstić information content (AvgIpc) is 2.85. The van der Waals surface area contributed by atoms with Gasteiger partial charge in [0.25, 0.3) is 0 Å². The molecule has 0 saturated heterocycles. The minimum absolute atomic E-state index is 0.00544. The molecule has 0 aliphatic rings. The number of rotatable bonds is 4. The van der Waals surface area contributed by atoms with E-state index in [0.29, 0.717) is 5.56 Å². The Labute approximate surface area is 124 Å². The fourth-order valence-corrected chi connectivity index (χ4v) is 2.44. The Morgan fingerprint density at radius 1 is 1.18 bits per heavy atom. The molecule has 0 amide bonds. The van der Waals surface area contributed by atoms with Gasteiger partial charge in [-0.3, -0.25) is 0 Å². The summed E-state index contributed by atoms with van der Waals surface area (Å²) in [6.07, 6.45) is -3.44. The molecule has 2 aromatic rings. The zero-order valence-corrected chi connectivity index (χ0v) is 12.4. The summed E-state index contributed by atoms with van der Waals surface area (Å²) in [7, 11) is -3.45. The minimum atomic E-state index is -4.42. The maximum absolute atomic E-state index is 12.5. The van der Waals surface area contributed by atoms with Gasteiger partial charge in [-0.25, -0.2) is 13.1 Å². The molecular weight excluding hydrogens is 323 g/mol. The van der Waals surface area contributed by atoms with Gasteiger partial charge >= 0.3 is 6.18 Å². The van der Waals surface area contributed by atoms with Crippen LogP contribution >= 0.6 is 0 Å². The summed E-state index contributed by atoms with van der Waals surface area (Å²) in [5.41, 5.74) is -0.485. The second-order valence-electron chi connectivity index (χ2n) is 4.63. The van der Waals surface area contributed by atoms with Crippen molar-refractivity contribution in [1.29, 1.82) is 0 Å². The van der Waals surface area contributed by atoms with Gasteiger partial charge in [0.15, 0.2) is 0 Å². The topological polar surface area (TPSA) is 85.1 Å². The van der Waals surface area contributed by atoms with Crippen LogP contribution in [0.25, 0.3) is 11.5 Å². The van der Waals surface area contributed by atoms with Crippen LogP contribution in [0.15, 0.2) is 28.7 Å². The van der Waals surface area contributed by atoms with Gasteiger partial charge in [0.05, 0.1) is 17.9 Å². The Balaban J connectivity index is 2.21. The number of alkyl halides is 3. The lowest BCUT2D eigenvalue weighted by Crippen LogP contribution is -2.25. The van der Waals surface area contributed by atoms with Crippen LogP contribution in [0.1, 0.15) is 24.4 Å². The third-order valence-electron chi connectivity index (χ3n) is 2.66. The first kappa shape index (κ1) is 16.4. The van der Waals surface area contributed by atoms with Crippen LogP contribution < -0.4 is 4.72 Å². The molecule has 0 fully saturated rings. The van der Waals surface area contributed by atoms with E-state index >= 15 is 0 Å². The van der Waals surface area contributed by atoms with Gasteiger partial charge in [-0.2, -0.15) is 13.2 Å². The second-order valence-corrected chi connectivity index (χ2v) is 6.41. The summed E-state index contributed by atoms with van der Waals surface area (Å²) in [5.74, 6) is 0.0196. The molecule has 1 unspecified atom stereocenters. The van der Waals surface area contributed by atoms with E-state index in [0.717, 1.165) is 18.4 Å². The zero-order valence-electron chi connectivity index (χ0n) is 11.5. The van der Waals surface area contributed by atoms with Crippen molar-refractivity contribution in [2.75, 3.05) is 6.26 Å². The summed E-state index contributed by atoms with van der Waals surface area (Å²) in [6, 6.07) is 3.46. The van der Waals surface area contributed by atoms with Crippen molar-refractivity contribution in [3.63, 3.8) is 0 Å². The van der Waals surface area contributed by atoms with Crippen LogP contribution in [0, 0.1) is 0 Å². The summed E-state index contributed by atoms with van der Waals surface area (Å²) in [5, 5.41) is 7.38. The van der Waals surface area contributed by atoms with E-state index in [1.54, 1.807) is 0 Å². The monoisotopic (exact) mass is 335 g/mol. The van der Waals surface area contributed by atoms with Gasteiger partial charge in [-0.1, -0.05) is 0 Å². The van der Waals surface area contributed by atoms with Crippen molar-refractivity contribution in [1.82, 2.24) is 14.9 Å². The molecule has 0 saturated carbocycles. The molecule has 1 aromatic heterocycles. The maximum atomic E-state index is 12.5. The zero-order chi connectivity index (χ0) is 16.5. The average molecular weight is 335 g/mol. The first-order valence-corrected chi connectivity index (χ1v) is 7.94. The first-order chi connectivity index (χ1) is 10.1.